The van der Waals surface area contributed by atoms with Crippen molar-refractivity contribution in [1.29, 1.82) is 0 Å². The highest BCUT2D eigenvalue weighted by Crippen LogP contribution is 2.14. The monoisotopic (exact) mass is 489 g/mol. The highest BCUT2D eigenvalue weighted by molar-refractivity contribution is 5.88. The lowest BCUT2D eigenvalue weighted by atomic mass is 10.2. The minimum atomic E-state index is -0.728. The van der Waals surface area contributed by atoms with Crippen LogP contribution in [0.25, 0.3) is 0 Å². The van der Waals surface area contributed by atoms with E-state index in [9.17, 15) is 14.4 Å². The highest BCUT2D eigenvalue weighted by atomic mass is 16.6. The maximum atomic E-state index is 12.4. The van der Waals surface area contributed by atoms with Crippen LogP contribution in [0.5, 0.6) is 0 Å². The van der Waals surface area contributed by atoms with E-state index in [4.69, 9.17) is 14.2 Å². The molecule has 0 saturated carbocycles. The lowest BCUT2D eigenvalue weighted by Crippen LogP contribution is -2.46. The first-order valence-corrected chi connectivity index (χ1v) is 11.8. The second kappa shape index (κ2) is 15.0. The van der Waals surface area contributed by atoms with Gasteiger partial charge >= 0.3 is 18.3 Å². The van der Waals surface area contributed by atoms with E-state index in [0.29, 0.717) is 26.2 Å². The fraction of sp³-hybridized carbons (Fsp3) is 0.870. The van der Waals surface area contributed by atoms with Crippen molar-refractivity contribution in [2.75, 3.05) is 52.4 Å². The van der Waals surface area contributed by atoms with Crippen molar-refractivity contribution >= 4 is 18.3 Å². The largest absolute Gasteiger partial charge is 0.444 e. The number of hydrogen-bond acceptors (Lipinski definition) is 9. The minimum Gasteiger partial charge on any atom is -0.444 e. The van der Waals surface area contributed by atoms with E-state index in [1.54, 1.807) is 41.5 Å². The van der Waals surface area contributed by atoms with Gasteiger partial charge in [0.15, 0.2) is 0 Å². The van der Waals surface area contributed by atoms with Gasteiger partial charge < -0.3 is 35.5 Å². The van der Waals surface area contributed by atoms with Crippen LogP contribution in [-0.2, 0) is 14.2 Å². The Morgan fingerprint density at radius 3 is 1.29 bits per heavy atom. The van der Waals surface area contributed by atoms with Crippen molar-refractivity contribution in [2.24, 2.45) is 0 Å². The Kier molecular flexibility index (Phi) is 14.1. The van der Waals surface area contributed by atoms with E-state index in [-0.39, 0.29) is 6.54 Å². The molecule has 200 valence electrons. The molecule has 0 spiro atoms. The van der Waals surface area contributed by atoms with Gasteiger partial charge in [-0.15, -0.1) is 0 Å². The van der Waals surface area contributed by atoms with Gasteiger partial charge in [-0.3, -0.25) is 0 Å². The molecule has 0 radical (unpaired) electrons. The van der Waals surface area contributed by atoms with E-state index in [2.05, 4.69) is 21.3 Å². The number of nitrogens with zero attached hydrogens (tertiary/aromatic N) is 1. The number of nitrogens with one attached hydrogen (secondary N) is 4. The van der Waals surface area contributed by atoms with Crippen LogP contribution in [0.15, 0.2) is 0 Å². The Morgan fingerprint density at radius 2 is 0.912 bits per heavy atom. The summed E-state index contributed by atoms with van der Waals surface area (Å²) in [7, 11) is 0. The third-order valence-electron chi connectivity index (χ3n) is 3.67. The Hall–Kier alpha value is -2.11. The lowest BCUT2D eigenvalue weighted by molar-refractivity contribution is 0.00167. The molecule has 0 fully saturated rings. The van der Waals surface area contributed by atoms with E-state index in [1.165, 1.54) is 0 Å². The molecular weight excluding hydrogens is 442 g/mol. The van der Waals surface area contributed by atoms with Crippen LogP contribution >= 0.6 is 0 Å². The van der Waals surface area contributed by atoms with E-state index >= 15 is 0 Å². The summed E-state index contributed by atoms with van der Waals surface area (Å²) in [6, 6.07) is 0. The van der Waals surface area contributed by atoms with E-state index in [0.717, 1.165) is 24.5 Å². The molecule has 0 bridgehead atoms. The average molecular weight is 490 g/mol. The quantitative estimate of drug-likeness (QED) is 0.241. The van der Waals surface area contributed by atoms with Gasteiger partial charge in [0.1, 0.15) is 16.8 Å². The van der Waals surface area contributed by atoms with Gasteiger partial charge in [0.25, 0.3) is 0 Å². The minimum absolute atomic E-state index is 0.135. The maximum Gasteiger partial charge on any atom is 0.419 e. The normalized spacial score (nSPS) is 12.1. The summed E-state index contributed by atoms with van der Waals surface area (Å²) in [5.41, 5.74) is -1.93. The van der Waals surface area contributed by atoms with Crippen LogP contribution in [0.4, 0.5) is 14.4 Å². The molecule has 0 rings (SSSR count). The molecular formula is C23H47N5O6. The second-order valence-electron chi connectivity index (χ2n) is 10.8. The molecule has 0 aromatic rings. The molecule has 0 aliphatic carbocycles. The van der Waals surface area contributed by atoms with E-state index in [1.807, 2.05) is 20.8 Å². The number of hydrogen-bond donors (Lipinski definition) is 4. The topological polar surface area (TPSA) is 130 Å². The van der Waals surface area contributed by atoms with Crippen molar-refractivity contribution in [1.82, 2.24) is 26.2 Å². The Balaban J connectivity index is 4.02. The van der Waals surface area contributed by atoms with Gasteiger partial charge in [-0.05, 0) is 62.3 Å². The first kappa shape index (κ1) is 31.9. The Labute approximate surface area is 205 Å². The predicted molar refractivity (Wildman–Crippen MR) is 132 cm³/mol. The molecule has 3 amide bonds. The molecule has 0 unspecified atom stereocenters. The zero-order valence-electron chi connectivity index (χ0n) is 22.6. The highest BCUT2D eigenvalue weighted by Gasteiger charge is 2.30. The van der Waals surface area contributed by atoms with Gasteiger partial charge in [0, 0.05) is 52.4 Å². The van der Waals surface area contributed by atoms with Crippen molar-refractivity contribution in [3.63, 3.8) is 0 Å². The summed E-state index contributed by atoms with van der Waals surface area (Å²) in [5, 5.41) is 12.4. The molecule has 0 aliphatic heterocycles. The second-order valence-corrected chi connectivity index (χ2v) is 10.8. The fourth-order valence-electron chi connectivity index (χ4n) is 2.38. The molecule has 11 nitrogen and oxygen atoms in total. The molecule has 34 heavy (non-hydrogen) atoms. The number of imide groups is 1. The summed E-state index contributed by atoms with van der Waals surface area (Å²) in [5.74, 6) is 0. The van der Waals surface area contributed by atoms with Crippen LogP contribution in [0.1, 0.15) is 62.3 Å². The molecule has 0 heterocycles. The van der Waals surface area contributed by atoms with Gasteiger partial charge in [0.2, 0.25) is 0 Å². The summed E-state index contributed by atoms with van der Waals surface area (Å²) in [6.45, 7) is 20.5. The number of carbonyl (C=O) groups excluding carboxylic acids is 3. The van der Waals surface area contributed by atoms with Crippen molar-refractivity contribution in [3.8, 4) is 0 Å². The Bertz CT molecular complexity index is 595. The Morgan fingerprint density at radius 1 is 0.559 bits per heavy atom. The van der Waals surface area contributed by atoms with Crippen LogP contribution in [0, 0.1) is 0 Å². The van der Waals surface area contributed by atoms with Crippen LogP contribution in [-0.4, -0.2) is 92.3 Å². The molecule has 0 saturated heterocycles. The van der Waals surface area contributed by atoms with Crippen LogP contribution in [0.3, 0.4) is 0 Å². The SMILES string of the molecule is CC(C)(C)OC(=O)NCCNCCNCCNCCN(C(=O)OC(C)(C)C)C(=O)OC(C)(C)C. The zero-order chi connectivity index (χ0) is 26.4. The molecule has 0 atom stereocenters. The number of alkyl carbamates (subject to hydrolysis) is 1. The van der Waals surface area contributed by atoms with Crippen LogP contribution in [0.2, 0.25) is 0 Å². The number of amides is 3. The lowest BCUT2D eigenvalue weighted by Gasteiger charge is -2.28. The van der Waals surface area contributed by atoms with Gasteiger partial charge in [-0.25, -0.2) is 19.3 Å². The standard InChI is InChI=1S/C23H47N5O6/c1-21(2,3)32-18(29)27-15-14-25-11-10-24-12-13-26-16-17-28(19(30)33-22(4,5)6)20(31)34-23(7,8)9/h24-26H,10-17H2,1-9H3,(H,27,29). The molecule has 0 aromatic carbocycles. The summed E-state index contributed by atoms with van der Waals surface area (Å²) in [4.78, 5) is 37.3. The fourth-order valence-corrected chi connectivity index (χ4v) is 2.38. The number of rotatable bonds is 12. The molecule has 0 aliphatic rings. The van der Waals surface area contributed by atoms with E-state index < -0.39 is 35.1 Å². The summed E-state index contributed by atoms with van der Waals surface area (Å²) < 4.78 is 15.8. The predicted octanol–water partition coefficient (Wildman–Crippen LogP) is 2.45. The van der Waals surface area contributed by atoms with Crippen LogP contribution < -0.4 is 21.3 Å². The van der Waals surface area contributed by atoms with Crippen molar-refractivity contribution < 1.29 is 28.6 Å². The molecule has 0 aromatic heterocycles. The van der Waals surface area contributed by atoms with Crippen molar-refractivity contribution in [2.45, 2.75) is 79.1 Å². The first-order chi connectivity index (χ1) is 15.5. The van der Waals surface area contributed by atoms with Gasteiger partial charge in [-0.1, -0.05) is 0 Å². The number of carbonyl (C=O) groups is 3. The summed E-state index contributed by atoms with van der Waals surface area (Å²) >= 11 is 0. The third-order valence-corrected chi connectivity index (χ3v) is 3.67. The zero-order valence-corrected chi connectivity index (χ0v) is 22.6. The third kappa shape index (κ3) is 19.4. The van der Waals surface area contributed by atoms with Gasteiger partial charge in [-0.2, -0.15) is 0 Å². The smallest absolute Gasteiger partial charge is 0.419 e. The van der Waals surface area contributed by atoms with Crippen molar-refractivity contribution in [3.05, 3.63) is 0 Å². The van der Waals surface area contributed by atoms with Gasteiger partial charge in [0.05, 0.1) is 0 Å². The first-order valence-electron chi connectivity index (χ1n) is 11.8. The maximum absolute atomic E-state index is 12.4. The number of ether oxygens (including phenoxy) is 3. The molecule has 11 heteroatoms. The summed E-state index contributed by atoms with van der Waals surface area (Å²) in [6.07, 6.45) is -1.88. The average Bonchev–Trinajstić information content (AvgIpc) is 2.60. The molecule has 4 N–H and O–H groups in total.